The Morgan fingerprint density at radius 3 is 2.76 bits per heavy atom. The second-order valence-corrected chi connectivity index (χ2v) is 9.74. The quantitative estimate of drug-likeness (QED) is 0.467. The van der Waals surface area contributed by atoms with Crippen molar-refractivity contribution in [2.45, 2.75) is 37.9 Å². The molecule has 0 bridgehead atoms. The lowest BCUT2D eigenvalue weighted by Crippen LogP contribution is -2.36. The molecule has 0 saturated carbocycles. The van der Waals surface area contributed by atoms with Gasteiger partial charge in [0.15, 0.2) is 11.5 Å². The molecule has 172 valence electrons. The van der Waals surface area contributed by atoms with E-state index in [-0.39, 0.29) is 5.82 Å². The highest BCUT2D eigenvalue weighted by atomic mass is 19.1. The van der Waals surface area contributed by atoms with E-state index in [1.807, 2.05) is 30.6 Å². The van der Waals surface area contributed by atoms with Crippen molar-refractivity contribution in [2.24, 2.45) is 5.92 Å². The Morgan fingerprint density at radius 1 is 1.00 bits per heavy atom. The topological polar surface area (TPSA) is 63.0 Å². The highest BCUT2D eigenvalue weighted by Crippen LogP contribution is 2.41. The predicted molar refractivity (Wildman–Crippen MR) is 128 cm³/mol. The molecule has 3 unspecified atom stereocenters. The summed E-state index contributed by atoms with van der Waals surface area (Å²) in [6.07, 6.45) is 9.62. The van der Waals surface area contributed by atoms with Crippen LogP contribution in [-0.4, -0.2) is 61.4 Å². The molecule has 0 N–H and O–H groups in total. The fourth-order valence-electron chi connectivity index (χ4n) is 6.25. The van der Waals surface area contributed by atoms with Crippen LogP contribution in [0, 0.1) is 11.7 Å². The summed E-state index contributed by atoms with van der Waals surface area (Å²) < 4.78 is 16.0. The van der Waals surface area contributed by atoms with Crippen LogP contribution in [0.3, 0.4) is 0 Å². The van der Waals surface area contributed by atoms with Crippen molar-refractivity contribution in [3.8, 4) is 11.5 Å². The highest BCUT2D eigenvalue weighted by Gasteiger charge is 2.47. The van der Waals surface area contributed by atoms with E-state index < -0.39 is 0 Å². The summed E-state index contributed by atoms with van der Waals surface area (Å²) in [6, 6.07) is 12.1. The predicted octanol–water partition coefficient (Wildman–Crippen LogP) is 3.75. The molecule has 3 saturated heterocycles. The fourth-order valence-corrected chi connectivity index (χ4v) is 6.25. The third-order valence-corrected chi connectivity index (χ3v) is 7.83. The minimum atomic E-state index is -0.250. The molecule has 0 spiro atoms. The van der Waals surface area contributed by atoms with Crippen LogP contribution in [-0.2, 0) is 6.54 Å². The number of rotatable bonds is 4. The SMILES string of the molecule is Fc1ccccc1Cn1nc(-c2ncc(N3CC4CC5CCCN5C4C3)cn2)c2cccnc21. The molecule has 0 aliphatic carbocycles. The third kappa shape index (κ3) is 3.20. The van der Waals surface area contributed by atoms with Crippen molar-refractivity contribution < 1.29 is 4.39 Å². The molecule has 3 atom stereocenters. The molecular weight excluding hydrogens is 429 g/mol. The van der Waals surface area contributed by atoms with Gasteiger partial charge in [-0.25, -0.2) is 24.0 Å². The Labute approximate surface area is 197 Å². The van der Waals surface area contributed by atoms with Gasteiger partial charge in [-0.3, -0.25) is 4.90 Å². The third-order valence-electron chi connectivity index (χ3n) is 7.83. The summed E-state index contributed by atoms with van der Waals surface area (Å²) in [5.41, 5.74) is 3.01. The molecule has 1 aromatic carbocycles. The molecule has 3 aliphatic heterocycles. The Balaban J connectivity index is 1.17. The van der Waals surface area contributed by atoms with Crippen molar-refractivity contribution in [1.29, 1.82) is 0 Å². The average molecular weight is 456 g/mol. The maximum atomic E-state index is 14.3. The molecule has 3 aromatic heterocycles. The van der Waals surface area contributed by atoms with Crippen LogP contribution in [0.5, 0.6) is 0 Å². The van der Waals surface area contributed by atoms with E-state index in [9.17, 15) is 4.39 Å². The van der Waals surface area contributed by atoms with Gasteiger partial charge < -0.3 is 4.90 Å². The van der Waals surface area contributed by atoms with E-state index >= 15 is 0 Å². The van der Waals surface area contributed by atoms with E-state index in [1.165, 1.54) is 31.9 Å². The van der Waals surface area contributed by atoms with Crippen LogP contribution < -0.4 is 4.90 Å². The zero-order valence-electron chi connectivity index (χ0n) is 18.9. The molecule has 7 rings (SSSR count). The van der Waals surface area contributed by atoms with E-state index in [0.29, 0.717) is 35.3 Å². The summed E-state index contributed by atoms with van der Waals surface area (Å²) in [5, 5.41) is 5.61. The van der Waals surface area contributed by atoms with Crippen molar-refractivity contribution in [3.05, 3.63) is 66.4 Å². The van der Waals surface area contributed by atoms with Crippen molar-refractivity contribution in [2.75, 3.05) is 24.5 Å². The zero-order valence-corrected chi connectivity index (χ0v) is 18.9. The van der Waals surface area contributed by atoms with Crippen LogP contribution in [0.2, 0.25) is 0 Å². The highest BCUT2D eigenvalue weighted by molar-refractivity contribution is 5.89. The van der Waals surface area contributed by atoms with Crippen LogP contribution in [0.15, 0.2) is 55.0 Å². The lowest BCUT2D eigenvalue weighted by atomic mass is 10.0. The Morgan fingerprint density at radius 2 is 1.88 bits per heavy atom. The number of fused-ring (bicyclic) bond motifs is 4. The number of hydrogen-bond acceptors (Lipinski definition) is 6. The zero-order chi connectivity index (χ0) is 22.6. The standard InChI is InChI=1S/C26H26FN7/c27-22-8-2-1-5-17(22)15-34-26-21(7-3-9-28-26)24(31-34)25-29-12-20(13-30-25)32-14-18-11-19-6-4-10-33(19)23(18)16-32/h1-3,5,7-9,12-13,18-19,23H,4,6,10-11,14-16H2. The molecule has 0 radical (unpaired) electrons. The number of hydrogen-bond donors (Lipinski definition) is 0. The van der Waals surface area contributed by atoms with Gasteiger partial charge in [-0.2, -0.15) is 5.10 Å². The number of nitrogens with zero attached hydrogens (tertiary/aromatic N) is 7. The number of halogens is 1. The van der Waals surface area contributed by atoms with Crippen molar-refractivity contribution >= 4 is 16.7 Å². The maximum absolute atomic E-state index is 14.3. The average Bonchev–Trinajstić information content (AvgIpc) is 3.62. The van der Waals surface area contributed by atoms with Crippen molar-refractivity contribution in [3.63, 3.8) is 0 Å². The van der Waals surface area contributed by atoms with Crippen LogP contribution >= 0.6 is 0 Å². The summed E-state index contributed by atoms with van der Waals surface area (Å²) in [7, 11) is 0. The Hall–Kier alpha value is -3.39. The molecule has 7 nitrogen and oxygen atoms in total. The van der Waals surface area contributed by atoms with Gasteiger partial charge in [0.25, 0.3) is 0 Å². The largest absolute Gasteiger partial charge is 0.367 e. The van der Waals surface area contributed by atoms with E-state index in [4.69, 9.17) is 15.1 Å². The normalized spacial score (nSPS) is 24.1. The molecule has 8 heteroatoms. The first kappa shape index (κ1) is 20.0. The first-order chi connectivity index (χ1) is 16.7. The summed E-state index contributed by atoms with van der Waals surface area (Å²) in [4.78, 5) is 19.1. The van der Waals surface area contributed by atoms with E-state index in [1.54, 1.807) is 23.0 Å². The van der Waals surface area contributed by atoms with E-state index in [2.05, 4.69) is 14.8 Å². The molecule has 6 heterocycles. The summed E-state index contributed by atoms with van der Waals surface area (Å²) >= 11 is 0. The van der Waals surface area contributed by atoms with Crippen LogP contribution in [0.25, 0.3) is 22.6 Å². The van der Waals surface area contributed by atoms with E-state index in [0.717, 1.165) is 36.1 Å². The second-order valence-electron chi connectivity index (χ2n) is 9.74. The lowest BCUT2D eigenvalue weighted by Gasteiger charge is -2.25. The molecule has 34 heavy (non-hydrogen) atoms. The smallest absolute Gasteiger partial charge is 0.180 e. The summed E-state index contributed by atoms with van der Waals surface area (Å²) in [5.74, 6) is 1.07. The van der Waals surface area contributed by atoms with Gasteiger partial charge in [0.2, 0.25) is 0 Å². The first-order valence-corrected chi connectivity index (χ1v) is 12.1. The van der Waals surface area contributed by atoms with Gasteiger partial charge in [-0.05, 0) is 49.9 Å². The molecule has 0 amide bonds. The molecular formula is C26H26FN7. The first-order valence-electron chi connectivity index (χ1n) is 12.1. The fraction of sp³-hybridized carbons (Fsp3) is 0.385. The minimum absolute atomic E-state index is 0.250. The van der Waals surface area contributed by atoms with Crippen LogP contribution in [0.4, 0.5) is 10.1 Å². The van der Waals surface area contributed by atoms with Gasteiger partial charge in [0, 0.05) is 36.9 Å². The Bertz CT molecular complexity index is 1350. The van der Waals surface area contributed by atoms with Gasteiger partial charge in [-0.1, -0.05) is 18.2 Å². The second kappa shape index (κ2) is 7.84. The minimum Gasteiger partial charge on any atom is -0.367 e. The monoisotopic (exact) mass is 455 g/mol. The molecule has 3 fully saturated rings. The maximum Gasteiger partial charge on any atom is 0.180 e. The molecule has 3 aliphatic rings. The lowest BCUT2D eigenvalue weighted by molar-refractivity contribution is 0.248. The number of benzene rings is 1. The van der Waals surface area contributed by atoms with Gasteiger partial charge >= 0.3 is 0 Å². The van der Waals surface area contributed by atoms with Crippen LogP contribution in [0.1, 0.15) is 24.8 Å². The summed E-state index contributed by atoms with van der Waals surface area (Å²) in [6.45, 7) is 3.70. The molecule has 4 aromatic rings. The number of anilines is 1. The Kier molecular flexibility index (Phi) is 4.62. The van der Waals surface area contributed by atoms with Crippen molar-refractivity contribution in [1.82, 2.24) is 29.6 Å². The van der Waals surface area contributed by atoms with Gasteiger partial charge in [0.05, 0.1) is 30.0 Å². The number of pyridine rings is 1. The number of aromatic nitrogens is 5. The van der Waals surface area contributed by atoms with Gasteiger partial charge in [-0.15, -0.1) is 0 Å². The van der Waals surface area contributed by atoms with Gasteiger partial charge in [0.1, 0.15) is 11.5 Å².